The van der Waals surface area contributed by atoms with E-state index in [2.05, 4.69) is 11.9 Å². The third kappa shape index (κ3) is 3.60. The van der Waals surface area contributed by atoms with E-state index in [0.717, 1.165) is 30.8 Å². The minimum absolute atomic E-state index is 0. The van der Waals surface area contributed by atoms with Gasteiger partial charge in [0.25, 0.3) is 0 Å². The second-order valence-corrected chi connectivity index (χ2v) is 6.16. The number of anilines is 1. The molecule has 0 spiro atoms. The molecule has 0 atom stereocenters. The van der Waals surface area contributed by atoms with Crippen LogP contribution < -0.4 is 5.73 Å². The van der Waals surface area contributed by atoms with Crippen LogP contribution in [0.3, 0.4) is 0 Å². The first-order valence-electron chi connectivity index (χ1n) is 5.70. The lowest BCUT2D eigenvalue weighted by Gasteiger charge is -2.28. The first-order valence-corrected chi connectivity index (χ1v) is 6.96. The number of phenols is 1. The van der Waals surface area contributed by atoms with E-state index in [1.54, 1.807) is 17.8 Å². The van der Waals surface area contributed by atoms with E-state index < -0.39 is 0 Å². The fourth-order valence-electron chi connectivity index (χ4n) is 1.93. The Morgan fingerprint density at radius 2 is 2.00 bits per heavy atom. The number of rotatable bonds is 2. The smallest absolute Gasteiger partial charge is 0.158 e. The van der Waals surface area contributed by atoms with Crippen LogP contribution in [0.25, 0.3) is 0 Å². The van der Waals surface area contributed by atoms with Crippen LogP contribution in [0.5, 0.6) is 5.75 Å². The topological polar surface area (TPSA) is 49.5 Å². The van der Waals surface area contributed by atoms with Gasteiger partial charge < -0.3 is 15.7 Å². The Balaban J connectivity index is 0.00000162. The van der Waals surface area contributed by atoms with E-state index in [1.807, 2.05) is 6.07 Å². The monoisotopic (exact) mass is 308 g/mol. The summed E-state index contributed by atoms with van der Waals surface area (Å²) < 4.78 is 0. The molecule has 2 rings (SSSR count). The van der Waals surface area contributed by atoms with Crippen LogP contribution in [0.2, 0.25) is 5.02 Å². The maximum absolute atomic E-state index is 9.68. The number of thioether (sulfide) groups is 1. The summed E-state index contributed by atoms with van der Waals surface area (Å²) in [5.74, 6) is 0.00425. The molecule has 0 amide bonds. The van der Waals surface area contributed by atoms with Crippen LogP contribution in [0.4, 0.5) is 5.69 Å². The molecule has 1 aromatic rings. The molecule has 0 radical (unpaired) electrons. The van der Waals surface area contributed by atoms with E-state index in [0.29, 0.717) is 16.0 Å². The molecule has 0 aliphatic carbocycles. The van der Waals surface area contributed by atoms with Gasteiger partial charge in [-0.05, 0) is 45.1 Å². The van der Waals surface area contributed by atoms with Crippen LogP contribution in [0.1, 0.15) is 12.8 Å². The lowest BCUT2D eigenvalue weighted by Crippen LogP contribution is -2.31. The average Bonchev–Trinajstić information content (AvgIpc) is 2.33. The van der Waals surface area contributed by atoms with Crippen molar-refractivity contribution in [1.82, 2.24) is 4.90 Å². The van der Waals surface area contributed by atoms with Crippen molar-refractivity contribution in [2.45, 2.75) is 23.0 Å². The van der Waals surface area contributed by atoms with Gasteiger partial charge in [-0.25, -0.2) is 0 Å². The summed E-state index contributed by atoms with van der Waals surface area (Å²) in [6, 6.07) is 3.60. The van der Waals surface area contributed by atoms with Crippen molar-refractivity contribution in [3.8, 4) is 5.75 Å². The Kier molecular flexibility index (Phi) is 5.92. The molecular weight excluding hydrogens is 291 g/mol. The molecule has 0 unspecified atom stereocenters. The Morgan fingerprint density at radius 1 is 1.39 bits per heavy atom. The molecule has 0 saturated carbocycles. The predicted molar refractivity (Wildman–Crippen MR) is 81.2 cm³/mol. The molecule has 1 heterocycles. The predicted octanol–water partition coefficient (Wildman–Crippen LogP) is 3.24. The number of halogens is 2. The largest absolute Gasteiger partial charge is 0.504 e. The normalized spacial score (nSPS) is 17.4. The highest BCUT2D eigenvalue weighted by Crippen LogP contribution is 2.41. The molecule has 1 fully saturated rings. The van der Waals surface area contributed by atoms with Crippen molar-refractivity contribution in [3.05, 3.63) is 17.2 Å². The average molecular weight is 309 g/mol. The van der Waals surface area contributed by atoms with E-state index >= 15 is 0 Å². The lowest BCUT2D eigenvalue weighted by molar-refractivity contribution is 0.282. The highest BCUT2D eigenvalue weighted by atomic mass is 35.5. The Labute approximate surface area is 123 Å². The van der Waals surface area contributed by atoms with Crippen LogP contribution in [0.15, 0.2) is 17.0 Å². The molecule has 18 heavy (non-hydrogen) atoms. The first-order chi connectivity index (χ1) is 8.08. The Hall–Kier alpha value is -0.290. The molecule has 1 aliphatic heterocycles. The molecular formula is C12H18Cl2N2OS. The Bertz CT molecular complexity index is 409. The van der Waals surface area contributed by atoms with Crippen molar-refractivity contribution >= 4 is 41.5 Å². The van der Waals surface area contributed by atoms with E-state index in [9.17, 15) is 5.11 Å². The summed E-state index contributed by atoms with van der Waals surface area (Å²) in [5, 5.41) is 10.6. The number of phenolic OH excluding ortho intramolecular Hbond substituents is 1. The van der Waals surface area contributed by atoms with Crippen LogP contribution in [-0.2, 0) is 0 Å². The number of nitrogens with zero attached hydrogens (tertiary/aromatic N) is 1. The summed E-state index contributed by atoms with van der Waals surface area (Å²) >= 11 is 7.83. The van der Waals surface area contributed by atoms with E-state index in [-0.39, 0.29) is 18.2 Å². The first kappa shape index (κ1) is 15.8. The molecule has 0 bridgehead atoms. The third-order valence-corrected chi connectivity index (χ3v) is 4.96. The molecule has 3 N–H and O–H groups in total. The van der Waals surface area contributed by atoms with Gasteiger partial charge in [0, 0.05) is 10.1 Å². The van der Waals surface area contributed by atoms with Gasteiger partial charge >= 0.3 is 0 Å². The maximum atomic E-state index is 9.68. The molecule has 1 aromatic carbocycles. The molecule has 3 nitrogen and oxygen atoms in total. The summed E-state index contributed by atoms with van der Waals surface area (Å²) in [7, 11) is 2.14. The summed E-state index contributed by atoms with van der Waals surface area (Å²) in [5.41, 5.74) is 5.93. The van der Waals surface area contributed by atoms with Gasteiger partial charge in [0.05, 0.1) is 10.7 Å². The van der Waals surface area contributed by atoms with E-state index in [1.165, 1.54) is 0 Å². The van der Waals surface area contributed by atoms with Gasteiger partial charge in [-0.3, -0.25) is 0 Å². The van der Waals surface area contributed by atoms with E-state index in [4.69, 9.17) is 17.3 Å². The quantitative estimate of drug-likeness (QED) is 0.650. The Morgan fingerprint density at radius 3 is 2.61 bits per heavy atom. The van der Waals surface area contributed by atoms with Gasteiger partial charge in [-0.1, -0.05) is 11.6 Å². The minimum atomic E-state index is 0. The number of piperidine rings is 1. The highest BCUT2D eigenvalue weighted by molar-refractivity contribution is 8.00. The standard InChI is InChI=1S/C12H17ClN2OS.ClH/c1-15-6-4-8(5-7-15)17-10-3-2-9(14)12(16)11(10)13;/h2-3,8,16H,4-7,14H2,1H3;1H. The zero-order chi connectivity index (χ0) is 12.4. The van der Waals surface area contributed by atoms with Crippen LogP contribution >= 0.6 is 35.8 Å². The van der Waals surface area contributed by atoms with Crippen molar-refractivity contribution in [2.75, 3.05) is 25.9 Å². The number of benzene rings is 1. The van der Waals surface area contributed by atoms with Crippen LogP contribution in [-0.4, -0.2) is 35.4 Å². The van der Waals surface area contributed by atoms with Gasteiger partial charge in [0.2, 0.25) is 0 Å². The number of hydrogen-bond donors (Lipinski definition) is 2. The van der Waals surface area contributed by atoms with Crippen molar-refractivity contribution in [2.24, 2.45) is 0 Å². The fraction of sp³-hybridized carbons (Fsp3) is 0.500. The van der Waals surface area contributed by atoms with Crippen molar-refractivity contribution < 1.29 is 5.11 Å². The summed E-state index contributed by atoms with van der Waals surface area (Å²) in [6.07, 6.45) is 2.31. The second-order valence-electron chi connectivity index (χ2n) is 4.44. The van der Waals surface area contributed by atoms with Gasteiger partial charge in [-0.2, -0.15) is 0 Å². The number of nitrogen functional groups attached to an aromatic ring is 1. The zero-order valence-electron chi connectivity index (χ0n) is 10.2. The van der Waals surface area contributed by atoms with Crippen LogP contribution in [0, 0.1) is 0 Å². The minimum Gasteiger partial charge on any atom is -0.504 e. The number of likely N-dealkylation sites (tertiary alicyclic amines) is 1. The highest BCUT2D eigenvalue weighted by Gasteiger charge is 2.19. The van der Waals surface area contributed by atoms with Gasteiger partial charge in [0.15, 0.2) is 5.75 Å². The van der Waals surface area contributed by atoms with Gasteiger partial charge in [0.1, 0.15) is 0 Å². The second kappa shape index (κ2) is 6.75. The molecule has 1 saturated heterocycles. The van der Waals surface area contributed by atoms with Gasteiger partial charge in [-0.15, -0.1) is 24.2 Å². The molecule has 102 valence electrons. The lowest BCUT2D eigenvalue weighted by atomic mass is 10.1. The molecule has 6 heteroatoms. The maximum Gasteiger partial charge on any atom is 0.158 e. The number of aromatic hydroxyl groups is 1. The summed E-state index contributed by atoms with van der Waals surface area (Å²) in [6.45, 7) is 2.24. The molecule has 0 aromatic heterocycles. The van der Waals surface area contributed by atoms with Crippen molar-refractivity contribution in [3.63, 3.8) is 0 Å². The third-order valence-electron chi connectivity index (χ3n) is 3.07. The molecule has 1 aliphatic rings. The number of hydrogen-bond acceptors (Lipinski definition) is 4. The summed E-state index contributed by atoms with van der Waals surface area (Å²) in [4.78, 5) is 3.26. The van der Waals surface area contributed by atoms with Crippen molar-refractivity contribution in [1.29, 1.82) is 0 Å². The number of nitrogens with two attached hydrogens (primary N) is 1. The SMILES string of the molecule is CN1CCC(Sc2ccc(N)c(O)c2Cl)CC1.Cl. The fourth-order valence-corrected chi connectivity index (χ4v) is 3.39. The zero-order valence-corrected chi connectivity index (χ0v) is 12.6.